The number of anilines is 1. The van der Waals surface area contributed by atoms with E-state index >= 15 is 0 Å². The number of aryl methyl sites for hydroxylation is 1. The second-order valence-electron chi connectivity index (χ2n) is 6.54. The summed E-state index contributed by atoms with van der Waals surface area (Å²) in [4.78, 5) is 11.6. The average Bonchev–Trinajstić information content (AvgIpc) is 3.28. The number of fused-ring (bicyclic) bond motifs is 1. The van der Waals surface area contributed by atoms with Gasteiger partial charge in [0.2, 0.25) is 0 Å². The van der Waals surface area contributed by atoms with Crippen LogP contribution in [0, 0.1) is 6.92 Å². The van der Waals surface area contributed by atoms with Crippen molar-refractivity contribution in [2.75, 3.05) is 24.6 Å². The summed E-state index contributed by atoms with van der Waals surface area (Å²) in [5, 5.41) is 6.17. The lowest BCUT2D eigenvalue weighted by Crippen LogP contribution is -2.33. The van der Waals surface area contributed by atoms with Gasteiger partial charge in [-0.05, 0) is 44.9 Å². The molecule has 26 heavy (non-hydrogen) atoms. The molecule has 2 aromatic heterocycles. The molecule has 0 aliphatic carbocycles. The number of ether oxygens (including phenoxy) is 1. The lowest BCUT2D eigenvalue weighted by Gasteiger charge is -2.25. The molecule has 3 heterocycles. The lowest BCUT2D eigenvalue weighted by atomic mass is 10.2. The molecule has 0 saturated carbocycles. The fourth-order valence-electron chi connectivity index (χ4n) is 3.44. The van der Waals surface area contributed by atoms with Crippen LogP contribution in [0.4, 0.5) is 5.82 Å². The molecule has 1 fully saturated rings. The van der Waals surface area contributed by atoms with E-state index < -0.39 is 0 Å². The van der Waals surface area contributed by atoms with E-state index in [1.54, 1.807) is 0 Å². The van der Waals surface area contributed by atoms with E-state index in [2.05, 4.69) is 21.9 Å². The maximum atomic E-state index is 6.15. The Kier molecular flexibility index (Phi) is 4.78. The molecule has 1 aromatic carbocycles. The number of likely N-dealkylation sites (N-methyl/N-ethyl adjacent to an activating group) is 1. The van der Waals surface area contributed by atoms with Crippen LogP contribution < -0.4 is 4.90 Å². The maximum Gasteiger partial charge on any atom is 0.168 e. The van der Waals surface area contributed by atoms with Gasteiger partial charge in [0.15, 0.2) is 5.65 Å². The van der Waals surface area contributed by atoms with Crippen molar-refractivity contribution in [1.29, 1.82) is 0 Å². The Balaban J connectivity index is 1.78. The number of hydrogen-bond donors (Lipinski definition) is 0. The summed E-state index contributed by atoms with van der Waals surface area (Å²) in [6.07, 6.45) is 4.34. The van der Waals surface area contributed by atoms with Crippen LogP contribution in [0.15, 0.2) is 30.5 Å². The van der Waals surface area contributed by atoms with E-state index in [0.717, 1.165) is 60.9 Å². The first kappa shape index (κ1) is 17.2. The monoisotopic (exact) mass is 371 g/mol. The zero-order valence-corrected chi connectivity index (χ0v) is 15.8. The summed E-state index contributed by atoms with van der Waals surface area (Å²) < 4.78 is 7.63. The molecule has 0 radical (unpaired) electrons. The predicted octanol–water partition coefficient (Wildman–Crippen LogP) is 3.78. The third-order valence-electron chi connectivity index (χ3n) is 4.70. The van der Waals surface area contributed by atoms with Crippen molar-refractivity contribution < 1.29 is 4.74 Å². The first-order chi connectivity index (χ1) is 12.7. The van der Waals surface area contributed by atoms with Gasteiger partial charge in [0.05, 0.1) is 23.4 Å². The third-order valence-corrected chi connectivity index (χ3v) is 4.94. The molecule has 1 saturated heterocycles. The summed E-state index contributed by atoms with van der Waals surface area (Å²) in [5.74, 6) is 1.64. The molecule has 4 rings (SSSR count). The van der Waals surface area contributed by atoms with Crippen molar-refractivity contribution >= 4 is 28.5 Å². The molecule has 0 spiro atoms. The largest absolute Gasteiger partial charge is 0.376 e. The van der Waals surface area contributed by atoms with Gasteiger partial charge in [-0.25, -0.2) is 14.6 Å². The third kappa shape index (κ3) is 3.27. The fourth-order valence-corrected chi connectivity index (χ4v) is 3.62. The number of nitrogens with zero attached hydrogens (tertiary/aromatic N) is 5. The first-order valence-electron chi connectivity index (χ1n) is 9.00. The Hall–Kier alpha value is -2.18. The van der Waals surface area contributed by atoms with Crippen LogP contribution in [0.25, 0.3) is 16.7 Å². The molecular weight excluding hydrogens is 350 g/mol. The summed E-state index contributed by atoms with van der Waals surface area (Å²) in [6, 6.07) is 7.62. The van der Waals surface area contributed by atoms with Crippen molar-refractivity contribution in [3.8, 4) is 5.69 Å². The highest BCUT2D eigenvalue weighted by atomic mass is 35.5. The summed E-state index contributed by atoms with van der Waals surface area (Å²) >= 11 is 6.15. The van der Waals surface area contributed by atoms with Gasteiger partial charge < -0.3 is 9.64 Å². The zero-order valence-electron chi connectivity index (χ0n) is 15.0. The topological polar surface area (TPSA) is 56.1 Å². The quantitative estimate of drug-likeness (QED) is 0.683. The molecule has 136 valence electrons. The van der Waals surface area contributed by atoms with Crippen LogP contribution in [0.5, 0.6) is 0 Å². The van der Waals surface area contributed by atoms with E-state index in [9.17, 15) is 0 Å². The van der Waals surface area contributed by atoms with E-state index in [1.807, 2.05) is 42.1 Å². The lowest BCUT2D eigenvalue weighted by molar-refractivity contribution is 0.115. The van der Waals surface area contributed by atoms with Crippen molar-refractivity contribution in [3.05, 3.63) is 41.3 Å². The molecule has 6 nitrogen and oxygen atoms in total. The van der Waals surface area contributed by atoms with Crippen LogP contribution in [0.1, 0.15) is 25.6 Å². The minimum absolute atomic E-state index is 0.267. The maximum absolute atomic E-state index is 6.15. The molecule has 7 heteroatoms. The number of rotatable bonds is 5. The van der Waals surface area contributed by atoms with Gasteiger partial charge in [0.25, 0.3) is 0 Å². The SMILES string of the molecule is CCN(C[C@@H]1CCCO1)c1nc(C)nc2c1cnn2-c1cccc(Cl)c1. The molecule has 1 atom stereocenters. The Morgan fingerprint density at radius 3 is 2.96 bits per heavy atom. The van der Waals surface area contributed by atoms with Gasteiger partial charge in [0, 0.05) is 24.7 Å². The normalized spacial score (nSPS) is 17.1. The van der Waals surface area contributed by atoms with Gasteiger partial charge in [-0.3, -0.25) is 0 Å². The fraction of sp³-hybridized carbons (Fsp3) is 0.421. The van der Waals surface area contributed by atoms with Crippen molar-refractivity contribution in [2.45, 2.75) is 32.8 Å². The Morgan fingerprint density at radius 1 is 1.35 bits per heavy atom. The number of halogens is 1. The molecule has 0 bridgehead atoms. The number of hydrogen-bond acceptors (Lipinski definition) is 5. The van der Waals surface area contributed by atoms with Crippen LogP contribution in [0.3, 0.4) is 0 Å². The molecule has 0 amide bonds. The Labute approximate surface area is 157 Å². The van der Waals surface area contributed by atoms with Gasteiger partial charge >= 0.3 is 0 Å². The second-order valence-corrected chi connectivity index (χ2v) is 6.98. The van der Waals surface area contributed by atoms with Crippen LogP contribution >= 0.6 is 11.6 Å². The first-order valence-corrected chi connectivity index (χ1v) is 9.38. The van der Waals surface area contributed by atoms with Crippen LogP contribution in [0.2, 0.25) is 5.02 Å². The highest BCUT2D eigenvalue weighted by Crippen LogP contribution is 2.27. The highest BCUT2D eigenvalue weighted by molar-refractivity contribution is 6.30. The molecular formula is C19H22ClN5O. The van der Waals surface area contributed by atoms with E-state index in [4.69, 9.17) is 21.3 Å². The smallest absolute Gasteiger partial charge is 0.168 e. The van der Waals surface area contributed by atoms with Gasteiger partial charge in [-0.15, -0.1) is 0 Å². The number of aromatic nitrogens is 4. The van der Waals surface area contributed by atoms with Gasteiger partial charge in [-0.2, -0.15) is 5.10 Å². The minimum Gasteiger partial charge on any atom is -0.376 e. The zero-order chi connectivity index (χ0) is 18.1. The Morgan fingerprint density at radius 2 is 2.23 bits per heavy atom. The van der Waals surface area contributed by atoms with Crippen molar-refractivity contribution in [1.82, 2.24) is 19.7 Å². The summed E-state index contributed by atoms with van der Waals surface area (Å²) in [5.41, 5.74) is 1.68. The summed E-state index contributed by atoms with van der Waals surface area (Å²) in [7, 11) is 0. The van der Waals surface area contributed by atoms with E-state index in [1.165, 1.54) is 0 Å². The standard InChI is InChI=1S/C19H22ClN5O/c1-3-24(12-16-8-5-9-26-16)18-17-11-21-25(19(17)23-13(2)22-18)15-7-4-6-14(20)10-15/h4,6-7,10-11,16H,3,5,8-9,12H2,1-2H3/t16-/m0/s1. The molecule has 0 N–H and O–H groups in total. The molecule has 0 unspecified atom stereocenters. The van der Waals surface area contributed by atoms with Crippen molar-refractivity contribution in [3.63, 3.8) is 0 Å². The highest BCUT2D eigenvalue weighted by Gasteiger charge is 2.22. The molecule has 3 aromatic rings. The number of benzene rings is 1. The molecule has 1 aliphatic heterocycles. The Bertz CT molecular complexity index is 919. The van der Waals surface area contributed by atoms with Crippen LogP contribution in [-0.4, -0.2) is 45.5 Å². The molecule has 1 aliphatic rings. The predicted molar refractivity (Wildman–Crippen MR) is 103 cm³/mol. The summed E-state index contributed by atoms with van der Waals surface area (Å²) in [6.45, 7) is 6.60. The van der Waals surface area contributed by atoms with E-state index in [0.29, 0.717) is 5.02 Å². The minimum atomic E-state index is 0.267. The van der Waals surface area contributed by atoms with Gasteiger partial charge in [-0.1, -0.05) is 17.7 Å². The van der Waals surface area contributed by atoms with E-state index in [-0.39, 0.29) is 6.10 Å². The second kappa shape index (κ2) is 7.21. The van der Waals surface area contributed by atoms with Crippen molar-refractivity contribution in [2.24, 2.45) is 0 Å². The van der Waals surface area contributed by atoms with Gasteiger partial charge in [0.1, 0.15) is 11.6 Å². The average molecular weight is 372 g/mol. The van der Waals surface area contributed by atoms with Crippen LogP contribution in [-0.2, 0) is 4.74 Å².